The third kappa shape index (κ3) is 2.52. The molecule has 4 rings (SSSR count). The highest BCUT2D eigenvalue weighted by Gasteiger charge is 2.50. The van der Waals surface area contributed by atoms with Gasteiger partial charge in [0.1, 0.15) is 0 Å². The van der Waals surface area contributed by atoms with Gasteiger partial charge in [-0.2, -0.15) is 0 Å². The summed E-state index contributed by atoms with van der Waals surface area (Å²) in [6.45, 7) is 1.91. The number of hydrogen-bond acceptors (Lipinski definition) is 3. The van der Waals surface area contributed by atoms with Crippen LogP contribution in [0.5, 0.6) is 0 Å². The lowest BCUT2D eigenvalue weighted by atomic mass is 9.72. The van der Waals surface area contributed by atoms with E-state index in [0.29, 0.717) is 22.3 Å². The first-order valence-corrected chi connectivity index (χ1v) is 9.04. The van der Waals surface area contributed by atoms with Crippen molar-refractivity contribution in [3.8, 4) is 0 Å². The van der Waals surface area contributed by atoms with Crippen LogP contribution in [0.2, 0.25) is 0 Å². The predicted molar refractivity (Wildman–Crippen MR) is 103 cm³/mol. The molecule has 0 bridgehead atoms. The molecule has 2 N–H and O–H groups in total. The van der Waals surface area contributed by atoms with Gasteiger partial charge in [-0.15, -0.1) is 0 Å². The summed E-state index contributed by atoms with van der Waals surface area (Å²) in [5.41, 5.74) is 1.64. The van der Waals surface area contributed by atoms with E-state index in [1.807, 2.05) is 49.4 Å². The molecule has 2 aromatic carbocycles. The van der Waals surface area contributed by atoms with Crippen LogP contribution in [0, 0.1) is 12.3 Å². The lowest BCUT2D eigenvalue weighted by Crippen LogP contribution is -2.44. The highest BCUT2D eigenvalue weighted by atomic mass is 16.4. The van der Waals surface area contributed by atoms with E-state index in [-0.39, 0.29) is 25.2 Å². The van der Waals surface area contributed by atoms with Crippen molar-refractivity contribution in [2.45, 2.75) is 26.2 Å². The molecule has 1 aromatic heterocycles. The number of para-hydroxylation sites is 1. The van der Waals surface area contributed by atoms with Crippen molar-refractivity contribution in [2.75, 3.05) is 0 Å². The number of aromatic nitrogens is 1. The van der Waals surface area contributed by atoms with Crippen molar-refractivity contribution in [1.29, 1.82) is 0 Å². The van der Waals surface area contributed by atoms with Crippen molar-refractivity contribution in [2.24, 2.45) is 5.41 Å². The Labute approximate surface area is 161 Å². The molecular weight excluding hydrogens is 358 g/mol. The maximum Gasteiger partial charge on any atom is 0.321 e. The van der Waals surface area contributed by atoms with Crippen molar-refractivity contribution >= 4 is 28.7 Å². The van der Waals surface area contributed by atoms with Gasteiger partial charge in [0, 0.05) is 23.1 Å². The lowest BCUT2D eigenvalue weighted by molar-refractivity contribution is -0.165. The Morgan fingerprint density at radius 2 is 1.71 bits per heavy atom. The third-order valence-electron chi connectivity index (χ3n) is 5.64. The first kappa shape index (κ1) is 18.0. The average Bonchev–Trinajstić information content (AvgIpc) is 3.00. The van der Waals surface area contributed by atoms with Crippen LogP contribution in [0.15, 0.2) is 48.5 Å². The van der Waals surface area contributed by atoms with Crippen LogP contribution in [-0.2, 0) is 22.4 Å². The third-order valence-corrected chi connectivity index (χ3v) is 5.64. The number of carboxylic acids is 2. The number of aryl methyl sites for hydroxylation is 1. The summed E-state index contributed by atoms with van der Waals surface area (Å²) in [6.07, 6.45) is 0.0177. The molecule has 0 atom stereocenters. The monoisotopic (exact) mass is 377 g/mol. The van der Waals surface area contributed by atoms with Crippen LogP contribution in [-0.4, -0.2) is 32.6 Å². The summed E-state index contributed by atoms with van der Waals surface area (Å²) >= 11 is 0. The lowest BCUT2D eigenvalue weighted by Gasteiger charge is -2.29. The number of nitrogens with zero attached hydrogens (tertiary/aromatic N) is 1. The quantitative estimate of drug-likeness (QED) is 0.683. The number of rotatable bonds is 3. The Morgan fingerprint density at radius 1 is 1.00 bits per heavy atom. The van der Waals surface area contributed by atoms with Gasteiger partial charge in [-0.3, -0.25) is 19.0 Å². The van der Waals surface area contributed by atoms with Gasteiger partial charge in [-0.25, -0.2) is 0 Å². The zero-order valence-corrected chi connectivity index (χ0v) is 15.3. The fourth-order valence-corrected chi connectivity index (χ4v) is 4.14. The second-order valence-electron chi connectivity index (χ2n) is 7.32. The fourth-order valence-electron chi connectivity index (χ4n) is 4.14. The van der Waals surface area contributed by atoms with E-state index in [1.54, 1.807) is 10.6 Å². The Balaban J connectivity index is 1.94. The van der Waals surface area contributed by atoms with Crippen molar-refractivity contribution in [3.63, 3.8) is 0 Å². The molecule has 0 radical (unpaired) electrons. The van der Waals surface area contributed by atoms with Crippen LogP contribution >= 0.6 is 0 Å². The number of hydrogen-bond donors (Lipinski definition) is 2. The van der Waals surface area contributed by atoms with Gasteiger partial charge < -0.3 is 10.2 Å². The van der Waals surface area contributed by atoms with Crippen molar-refractivity contribution < 1.29 is 24.6 Å². The number of benzene rings is 2. The summed E-state index contributed by atoms with van der Waals surface area (Å²) in [4.78, 5) is 36.9. The number of carbonyl (C=O) groups excluding carboxylic acids is 1. The molecule has 1 aliphatic rings. The minimum Gasteiger partial charge on any atom is -0.480 e. The molecule has 6 nitrogen and oxygen atoms in total. The zero-order valence-electron chi connectivity index (χ0n) is 15.3. The molecule has 6 heteroatoms. The Morgan fingerprint density at radius 3 is 2.39 bits per heavy atom. The van der Waals surface area contributed by atoms with Gasteiger partial charge in [0.25, 0.3) is 5.91 Å². The average molecular weight is 377 g/mol. The predicted octanol–water partition coefficient (Wildman–Crippen LogP) is 3.28. The van der Waals surface area contributed by atoms with Gasteiger partial charge in [-0.05, 0) is 43.5 Å². The topological polar surface area (TPSA) is 96.6 Å². The van der Waals surface area contributed by atoms with Gasteiger partial charge in [-0.1, -0.05) is 35.9 Å². The van der Waals surface area contributed by atoms with Gasteiger partial charge >= 0.3 is 11.9 Å². The van der Waals surface area contributed by atoms with E-state index in [9.17, 15) is 24.6 Å². The molecule has 0 fully saturated rings. The molecule has 0 unspecified atom stereocenters. The first-order valence-electron chi connectivity index (χ1n) is 9.04. The molecule has 1 heterocycles. The Kier molecular flexibility index (Phi) is 4.07. The van der Waals surface area contributed by atoms with E-state index in [0.717, 1.165) is 10.9 Å². The van der Waals surface area contributed by atoms with Gasteiger partial charge in [0.2, 0.25) is 0 Å². The van der Waals surface area contributed by atoms with Crippen molar-refractivity contribution in [3.05, 3.63) is 70.9 Å². The molecule has 3 aromatic rings. The number of aliphatic carboxylic acids is 2. The van der Waals surface area contributed by atoms with Crippen molar-refractivity contribution in [1.82, 2.24) is 4.57 Å². The molecule has 0 saturated carbocycles. The molecule has 0 amide bonds. The fraction of sp³-hybridized carbons (Fsp3) is 0.227. The maximum absolute atomic E-state index is 13.3. The van der Waals surface area contributed by atoms with Gasteiger partial charge in [0.15, 0.2) is 5.41 Å². The van der Waals surface area contributed by atoms with Crippen LogP contribution in [0.3, 0.4) is 0 Å². The molecular formula is C22H19NO5. The highest BCUT2D eigenvalue weighted by molar-refractivity contribution is 6.05. The van der Waals surface area contributed by atoms with E-state index >= 15 is 0 Å². The summed E-state index contributed by atoms with van der Waals surface area (Å²) < 4.78 is 1.62. The maximum atomic E-state index is 13.3. The van der Waals surface area contributed by atoms with Crippen LogP contribution in [0.25, 0.3) is 10.9 Å². The largest absolute Gasteiger partial charge is 0.480 e. The summed E-state index contributed by atoms with van der Waals surface area (Å²) in [5.74, 6) is -2.88. The number of fused-ring (bicyclic) bond motifs is 3. The normalized spacial score (nSPS) is 15.2. The molecule has 0 aliphatic heterocycles. The minimum absolute atomic E-state index is 0.0535. The highest BCUT2D eigenvalue weighted by Crippen LogP contribution is 2.41. The zero-order chi connectivity index (χ0) is 20.1. The molecule has 0 saturated heterocycles. The van der Waals surface area contributed by atoms with Crippen LogP contribution in [0.1, 0.15) is 33.6 Å². The first-order chi connectivity index (χ1) is 13.3. The summed E-state index contributed by atoms with van der Waals surface area (Å²) in [7, 11) is 0. The minimum atomic E-state index is -1.87. The standard InChI is InChI=1S/C22H19NO5/c1-13-5-4-6-14(11-13)19(24)23-17-8-3-2-7-15(17)16-12-22(20(25)26,21(27)28)10-9-18(16)23/h2-8,11H,9-10,12H2,1H3,(H,25,26)(H,27,28). The number of carboxylic acid groups (broad SMARTS) is 2. The smallest absolute Gasteiger partial charge is 0.321 e. The molecule has 1 aliphatic carbocycles. The van der Waals surface area contributed by atoms with Crippen LogP contribution in [0.4, 0.5) is 0 Å². The second kappa shape index (κ2) is 6.34. The SMILES string of the molecule is Cc1cccc(C(=O)n2c3c(c4ccccc42)CC(C(=O)O)(C(=O)O)CC3)c1. The number of carbonyl (C=O) groups is 3. The Bertz CT molecular complexity index is 1130. The van der Waals surface area contributed by atoms with Gasteiger partial charge in [0.05, 0.1) is 5.52 Å². The van der Waals surface area contributed by atoms with E-state index in [1.165, 1.54) is 0 Å². The molecule has 142 valence electrons. The second-order valence-corrected chi connectivity index (χ2v) is 7.32. The molecule has 0 spiro atoms. The summed E-state index contributed by atoms with van der Waals surface area (Å²) in [6, 6.07) is 14.5. The van der Waals surface area contributed by atoms with E-state index < -0.39 is 17.4 Å². The Hall–Kier alpha value is -3.41. The van der Waals surface area contributed by atoms with Crippen LogP contribution < -0.4 is 0 Å². The van der Waals surface area contributed by atoms with E-state index in [4.69, 9.17) is 0 Å². The van der Waals surface area contributed by atoms with E-state index in [2.05, 4.69) is 0 Å². The summed E-state index contributed by atoms with van der Waals surface area (Å²) in [5, 5.41) is 20.0. The molecule has 28 heavy (non-hydrogen) atoms.